The lowest BCUT2D eigenvalue weighted by Gasteiger charge is -2.07. The van der Waals surface area contributed by atoms with Crippen molar-refractivity contribution in [3.05, 3.63) is 57.8 Å². The lowest BCUT2D eigenvalue weighted by Crippen LogP contribution is -1.90. The van der Waals surface area contributed by atoms with Crippen molar-refractivity contribution in [2.75, 3.05) is 5.73 Å². The third-order valence-electron chi connectivity index (χ3n) is 2.59. The van der Waals surface area contributed by atoms with Gasteiger partial charge in [0, 0.05) is 20.8 Å². The zero-order chi connectivity index (χ0) is 13.1. The molecule has 0 bridgehead atoms. The standard InChI is InChI=1S/C14H13BrFNS/c1-9-6-12(17)3-5-14(9)18-8-10-7-11(15)2-4-13(10)16/h2-7H,8,17H2,1H3. The summed E-state index contributed by atoms with van der Waals surface area (Å²) in [7, 11) is 0. The molecule has 2 aromatic carbocycles. The second-order valence-electron chi connectivity index (χ2n) is 4.05. The minimum atomic E-state index is -0.168. The van der Waals surface area contributed by atoms with Crippen molar-refractivity contribution in [1.82, 2.24) is 0 Å². The van der Waals surface area contributed by atoms with Crippen LogP contribution in [0.3, 0.4) is 0 Å². The molecule has 0 radical (unpaired) electrons. The fourth-order valence-corrected chi connectivity index (χ4v) is 3.04. The highest BCUT2D eigenvalue weighted by Crippen LogP contribution is 2.29. The molecule has 0 aliphatic heterocycles. The minimum Gasteiger partial charge on any atom is -0.399 e. The van der Waals surface area contributed by atoms with Crippen LogP contribution in [-0.2, 0) is 5.75 Å². The van der Waals surface area contributed by atoms with Crippen LogP contribution < -0.4 is 5.73 Å². The molecule has 94 valence electrons. The number of rotatable bonds is 3. The van der Waals surface area contributed by atoms with E-state index in [2.05, 4.69) is 15.9 Å². The SMILES string of the molecule is Cc1cc(N)ccc1SCc1cc(Br)ccc1F. The maximum absolute atomic E-state index is 13.6. The van der Waals surface area contributed by atoms with E-state index in [4.69, 9.17) is 5.73 Å². The molecule has 0 aliphatic carbocycles. The monoisotopic (exact) mass is 325 g/mol. The zero-order valence-electron chi connectivity index (χ0n) is 9.91. The smallest absolute Gasteiger partial charge is 0.127 e. The van der Waals surface area contributed by atoms with Crippen molar-refractivity contribution in [3.63, 3.8) is 0 Å². The third-order valence-corrected chi connectivity index (χ3v) is 4.31. The first-order chi connectivity index (χ1) is 8.56. The van der Waals surface area contributed by atoms with E-state index in [1.165, 1.54) is 6.07 Å². The second-order valence-corrected chi connectivity index (χ2v) is 5.98. The molecule has 0 amide bonds. The number of thioether (sulfide) groups is 1. The molecule has 0 atom stereocenters. The van der Waals surface area contributed by atoms with E-state index in [0.717, 1.165) is 20.6 Å². The van der Waals surface area contributed by atoms with Crippen LogP contribution in [0.1, 0.15) is 11.1 Å². The Kier molecular flexibility index (Phi) is 4.30. The van der Waals surface area contributed by atoms with Gasteiger partial charge >= 0.3 is 0 Å². The molecule has 2 aromatic rings. The molecule has 0 spiro atoms. The first-order valence-electron chi connectivity index (χ1n) is 5.49. The van der Waals surface area contributed by atoms with Gasteiger partial charge in [0.25, 0.3) is 0 Å². The molecule has 2 N–H and O–H groups in total. The van der Waals surface area contributed by atoms with Crippen LogP contribution >= 0.6 is 27.7 Å². The van der Waals surface area contributed by atoms with Gasteiger partial charge in [0.1, 0.15) is 5.82 Å². The van der Waals surface area contributed by atoms with Gasteiger partial charge in [0.05, 0.1) is 0 Å². The van der Waals surface area contributed by atoms with Crippen molar-refractivity contribution < 1.29 is 4.39 Å². The summed E-state index contributed by atoms with van der Waals surface area (Å²) in [5, 5.41) is 0. The van der Waals surface area contributed by atoms with Crippen LogP contribution in [0.4, 0.5) is 10.1 Å². The molecule has 0 aliphatic rings. The summed E-state index contributed by atoms with van der Waals surface area (Å²) in [5.41, 5.74) is 8.28. The Labute approximate surface area is 119 Å². The highest BCUT2D eigenvalue weighted by atomic mass is 79.9. The van der Waals surface area contributed by atoms with E-state index in [9.17, 15) is 4.39 Å². The summed E-state index contributed by atoms with van der Waals surface area (Å²) in [5.74, 6) is 0.439. The molecule has 0 unspecified atom stereocenters. The van der Waals surface area contributed by atoms with Gasteiger partial charge in [0.2, 0.25) is 0 Å². The summed E-state index contributed by atoms with van der Waals surface area (Å²) in [6.07, 6.45) is 0. The van der Waals surface area contributed by atoms with Crippen LogP contribution in [0.2, 0.25) is 0 Å². The van der Waals surface area contributed by atoms with Crippen LogP contribution in [0, 0.1) is 12.7 Å². The Morgan fingerprint density at radius 1 is 1.22 bits per heavy atom. The summed E-state index contributed by atoms with van der Waals surface area (Å²) in [6, 6.07) is 10.8. The fourth-order valence-electron chi connectivity index (χ4n) is 1.64. The maximum Gasteiger partial charge on any atom is 0.127 e. The number of nitrogen functional groups attached to an aromatic ring is 1. The van der Waals surface area contributed by atoms with Gasteiger partial charge in [-0.15, -0.1) is 11.8 Å². The van der Waals surface area contributed by atoms with E-state index in [1.807, 2.05) is 31.2 Å². The number of anilines is 1. The first kappa shape index (κ1) is 13.4. The van der Waals surface area contributed by atoms with Gasteiger partial charge in [-0.2, -0.15) is 0 Å². The van der Waals surface area contributed by atoms with Gasteiger partial charge in [0.15, 0.2) is 0 Å². The Bertz CT molecular complexity index is 572. The summed E-state index contributed by atoms with van der Waals surface area (Å²) in [6.45, 7) is 2.01. The molecular formula is C14H13BrFNS. The number of hydrogen-bond acceptors (Lipinski definition) is 2. The quantitative estimate of drug-likeness (QED) is 0.649. The average molecular weight is 326 g/mol. The topological polar surface area (TPSA) is 26.0 Å². The molecule has 18 heavy (non-hydrogen) atoms. The molecule has 1 nitrogen and oxygen atoms in total. The van der Waals surface area contributed by atoms with Gasteiger partial charge < -0.3 is 5.73 Å². The Hall–Kier alpha value is -1.00. The van der Waals surface area contributed by atoms with Crippen molar-refractivity contribution >= 4 is 33.4 Å². The lowest BCUT2D eigenvalue weighted by atomic mass is 10.2. The van der Waals surface area contributed by atoms with Gasteiger partial charge in [-0.25, -0.2) is 4.39 Å². The highest BCUT2D eigenvalue weighted by Gasteiger charge is 2.05. The molecular weight excluding hydrogens is 313 g/mol. The lowest BCUT2D eigenvalue weighted by molar-refractivity contribution is 0.617. The van der Waals surface area contributed by atoms with Crippen molar-refractivity contribution in [2.45, 2.75) is 17.6 Å². The molecule has 0 saturated carbocycles. The Balaban J connectivity index is 2.13. The minimum absolute atomic E-state index is 0.168. The van der Waals surface area contributed by atoms with E-state index in [1.54, 1.807) is 17.8 Å². The van der Waals surface area contributed by atoms with Crippen molar-refractivity contribution in [3.8, 4) is 0 Å². The average Bonchev–Trinajstić information content (AvgIpc) is 2.32. The molecule has 0 heterocycles. The molecule has 0 saturated heterocycles. The second kappa shape index (κ2) is 5.76. The predicted molar refractivity (Wildman–Crippen MR) is 79.3 cm³/mol. The summed E-state index contributed by atoms with van der Waals surface area (Å²) < 4.78 is 14.5. The largest absolute Gasteiger partial charge is 0.399 e. The van der Waals surface area contributed by atoms with E-state index in [0.29, 0.717) is 11.3 Å². The normalized spacial score (nSPS) is 10.6. The Morgan fingerprint density at radius 3 is 2.72 bits per heavy atom. The number of halogens is 2. The molecule has 2 rings (SSSR count). The molecule has 4 heteroatoms. The van der Waals surface area contributed by atoms with Crippen LogP contribution in [0.5, 0.6) is 0 Å². The van der Waals surface area contributed by atoms with E-state index in [-0.39, 0.29) is 5.82 Å². The first-order valence-corrected chi connectivity index (χ1v) is 7.27. The van der Waals surface area contributed by atoms with E-state index < -0.39 is 0 Å². The summed E-state index contributed by atoms with van der Waals surface area (Å²) >= 11 is 4.97. The zero-order valence-corrected chi connectivity index (χ0v) is 12.3. The number of aryl methyl sites for hydroxylation is 1. The summed E-state index contributed by atoms with van der Waals surface area (Å²) in [4.78, 5) is 1.13. The highest BCUT2D eigenvalue weighted by molar-refractivity contribution is 9.10. The van der Waals surface area contributed by atoms with Crippen LogP contribution in [-0.4, -0.2) is 0 Å². The number of benzene rings is 2. The van der Waals surface area contributed by atoms with Crippen LogP contribution in [0.15, 0.2) is 45.8 Å². The fraction of sp³-hybridized carbons (Fsp3) is 0.143. The number of nitrogens with two attached hydrogens (primary N) is 1. The van der Waals surface area contributed by atoms with Crippen molar-refractivity contribution in [1.29, 1.82) is 0 Å². The number of hydrogen-bond donors (Lipinski definition) is 1. The van der Waals surface area contributed by atoms with E-state index >= 15 is 0 Å². The van der Waals surface area contributed by atoms with Gasteiger partial charge in [-0.05, 0) is 54.4 Å². The van der Waals surface area contributed by atoms with Gasteiger partial charge in [-0.3, -0.25) is 0 Å². The van der Waals surface area contributed by atoms with Gasteiger partial charge in [-0.1, -0.05) is 15.9 Å². The Morgan fingerprint density at radius 2 is 2.00 bits per heavy atom. The van der Waals surface area contributed by atoms with Crippen LogP contribution in [0.25, 0.3) is 0 Å². The maximum atomic E-state index is 13.6. The predicted octanol–water partition coefficient (Wildman–Crippen LogP) is 4.77. The molecule has 0 aromatic heterocycles. The third kappa shape index (κ3) is 3.27. The van der Waals surface area contributed by atoms with Crippen molar-refractivity contribution in [2.24, 2.45) is 0 Å². The molecule has 0 fully saturated rings.